The molecule has 112 valence electrons. The third-order valence-electron chi connectivity index (χ3n) is 3.73. The van der Waals surface area contributed by atoms with Crippen molar-refractivity contribution < 1.29 is 8.42 Å². The highest BCUT2D eigenvalue weighted by molar-refractivity contribution is 7.89. The maximum absolute atomic E-state index is 12.6. The molecule has 1 fully saturated rings. The molecular weight excluding hydrogens is 272 g/mol. The summed E-state index contributed by atoms with van der Waals surface area (Å²) in [6.07, 6.45) is 3.03. The third-order valence-corrected chi connectivity index (χ3v) is 5.78. The Morgan fingerprint density at radius 1 is 1.35 bits per heavy atom. The molecule has 2 rings (SSSR count). The Bertz CT molecular complexity index is 565. The van der Waals surface area contributed by atoms with E-state index in [1.165, 1.54) is 4.31 Å². The molecule has 0 aromatic heterocycles. The predicted molar refractivity (Wildman–Crippen MR) is 81.1 cm³/mol. The van der Waals surface area contributed by atoms with Crippen molar-refractivity contribution in [1.82, 2.24) is 9.62 Å². The minimum Gasteiger partial charge on any atom is -0.313 e. The highest BCUT2D eigenvalue weighted by Gasteiger charge is 2.35. The topological polar surface area (TPSA) is 49.4 Å². The van der Waals surface area contributed by atoms with Crippen molar-refractivity contribution >= 4 is 10.0 Å². The molecule has 0 radical (unpaired) electrons. The second kappa shape index (κ2) is 6.24. The molecule has 1 aliphatic rings. The first-order valence-corrected chi connectivity index (χ1v) is 8.69. The molecule has 1 aromatic carbocycles. The molecule has 0 saturated heterocycles. The molecule has 0 bridgehead atoms. The highest BCUT2D eigenvalue weighted by Crippen LogP contribution is 2.31. The van der Waals surface area contributed by atoms with E-state index in [0.29, 0.717) is 11.4 Å². The van der Waals surface area contributed by atoms with Crippen molar-refractivity contribution in [3.8, 4) is 0 Å². The van der Waals surface area contributed by atoms with Crippen LogP contribution in [0.1, 0.15) is 37.3 Å². The van der Waals surface area contributed by atoms with Gasteiger partial charge in [-0.2, -0.15) is 4.31 Å². The first-order valence-electron chi connectivity index (χ1n) is 7.25. The average Bonchev–Trinajstić information content (AvgIpc) is 3.24. The van der Waals surface area contributed by atoms with Crippen LogP contribution in [0.2, 0.25) is 0 Å². The normalized spacial score (nSPS) is 15.8. The second-order valence-electron chi connectivity index (χ2n) is 5.53. The summed E-state index contributed by atoms with van der Waals surface area (Å²) in [5.74, 6) is 0. The van der Waals surface area contributed by atoms with E-state index in [2.05, 4.69) is 12.2 Å². The molecule has 1 aliphatic carbocycles. The van der Waals surface area contributed by atoms with E-state index < -0.39 is 10.0 Å². The highest BCUT2D eigenvalue weighted by atomic mass is 32.2. The van der Waals surface area contributed by atoms with E-state index in [0.717, 1.165) is 36.9 Å². The SMILES string of the molecule is CCCNCc1ccc(C)c(S(=O)(=O)N(C)C2CC2)c1. The smallest absolute Gasteiger partial charge is 0.243 e. The van der Waals surface area contributed by atoms with Crippen molar-refractivity contribution in [2.45, 2.75) is 50.6 Å². The van der Waals surface area contributed by atoms with Gasteiger partial charge in [0.2, 0.25) is 10.0 Å². The molecule has 0 amide bonds. The van der Waals surface area contributed by atoms with Crippen LogP contribution in [0.25, 0.3) is 0 Å². The van der Waals surface area contributed by atoms with Crippen LogP contribution in [0, 0.1) is 6.92 Å². The van der Waals surface area contributed by atoms with Crippen molar-refractivity contribution in [2.75, 3.05) is 13.6 Å². The quantitative estimate of drug-likeness (QED) is 0.785. The fourth-order valence-corrected chi connectivity index (χ4v) is 3.92. The van der Waals surface area contributed by atoms with Crippen LogP contribution < -0.4 is 5.32 Å². The van der Waals surface area contributed by atoms with Gasteiger partial charge in [-0.3, -0.25) is 0 Å². The van der Waals surface area contributed by atoms with Gasteiger partial charge in [0.1, 0.15) is 0 Å². The summed E-state index contributed by atoms with van der Waals surface area (Å²) >= 11 is 0. The summed E-state index contributed by atoms with van der Waals surface area (Å²) in [6, 6.07) is 5.90. The van der Waals surface area contributed by atoms with Gasteiger partial charge in [-0.25, -0.2) is 8.42 Å². The van der Waals surface area contributed by atoms with Crippen molar-refractivity contribution in [3.05, 3.63) is 29.3 Å². The zero-order chi connectivity index (χ0) is 14.8. The van der Waals surface area contributed by atoms with Crippen LogP contribution in [0.5, 0.6) is 0 Å². The molecule has 4 nitrogen and oxygen atoms in total. The third kappa shape index (κ3) is 3.40. The van der Waals surface area contributed by atoms with Crippen molar-refractivity contribution in [3.63, 3.8) is 0 Å². The zero-order valence-corrected chi connectivity index (χ0v) is 13.3. The Morgan fingerprint density at radius 3 is 2.65 bits per heavy atom. The van der Waals surface area contributed by atoms with Gasteiger partial charge < -0.3 is 5.32 Å². The lowest BCUT2D eigenvalue weighted by Crippen LogP contribution is -2.29. The van der Waals surface area contributed by atoms with E-state index in [4.69, 9.17) is 0 Å². The number of hydrogen-bond donors (Lipinski definition) is 1. The monoisotopic (exact) mass is 296 g/mol. The largest absolute Gasteiger partial charge is 0.313 e. The minimum absolute atomic E-state index is 0.196. The molecule has 0 unspecified atom stereocenters. The fraction of sp³-hybridized carbons (Fsp3) is 0.600. The predicted octanol–water partition coefficient (Wildman–Crippen LogP) is 2.28. The Kier molecular flexibility index (Phi) is 4.83. The van der Waals surface area contributed by atoms with Crippen LogP contribution in [-0.4, -0.2) is 32.4 Å². The number of hydrogen-bond acceptors (Lipinski definition) is 3. The average molecular weight is 296 g/mol. The molecule has 5 heteroatoms. The van der Waals surface area contributed by atoms with Gasteiger partial charge in [-0.05, 0) is 49.9 Å². The minimum atomic E-state index is -3.35. The maximum atomic E-state index is 12.6. The van der Waals surface area contributed by atoms with Gasteiger partial charge in [0.05, 0.1) is 4.90 Å². The number of aryl methyl sites for hydroxylation is 1. The van der Waals surface area contributed by atoms with Crippen LogP contribution in [0.3, 0.4) is 0 Å². The number of nitrogens with one attached hydrogen (secondary N) is 1. The molecule has 0 atom stereocenters. The molecule has 1 N–H and O–H groups in total. The molecular formula is C15H24N2O2S. The second-order valence-corrected chi connectivity index (χ2v) is 7.49. The Balaban J connectivity index is 2.23. The van der Waals surface area contributed by atoms with E-state index in [1.54, 1.807) is 7.05 Å². The summed E-state index contributed by atoms with van der Waals surface area (Å²) in [5, 5.41) is 3.31. The molecule has 1 saturated carbocycles. The molecule has 1 aromatic rings. The lowest BCUT2D eigenvalue weighted by Gasteiger charge is -2.18. The molecule has 20 heavy (non-hydrogen) atoms. The van der Waals surface area contributed by atoms with Crippen molar-refractivity contribution in [1.29, 1.82) is 0 Å². The van der Waals surface area contributed by atoms with Gasteiger partial charge in [0, 0.05) is 19.6 Å². The van der Waals surface area contributed by atoms with Gasteiger partial charge in [0.25, 0.3) is 0 Å². The van der Waals surface area contributed by atoms with Crippen molar-refractivity contribution in [2.24, 2.45) is 0 Å². The number of benzene rings is 1. The summed E-state index contributed by atoms with van der Waals surface area (Å²) in [6.45, 7) is 5.63. The summed E-state index contributed by atoms with van der Waals surface area (Å²) in [4.78, 5) is 0.447. The van der Waals surface area contributed by atoms with Gasteiger partial charge in [0.15, 0.2) is 0 Å². The maximum Gasteiger partial charge on any atom is 0.243 e. The first-order chi connectivity index (χ1) is 9.46. The fourth-order valence-electron chi connectivity index (χ4n) is 2.23. The van der Waals surface area contributed by atoms with Crippen LogP contribution in [0.15, 0.2) is 23.1 Å². The molecule has 0 heterocycles. The standard InChI is InChI=1S/C15H24N2O2S/c1-4-9-16-11-13-6-5-12(2)15(10-13)20(18,19)17(3)14-7-8-14/h5-6,10,14,16H,4,7-9,11H2,1-3H3. The van der Waals surface area contributed by atoms with E-state index in [1.807, 2.05) is 25.1 Å². The van der Waals surface area contributed by atoms with E-state index >= 15 is 0 Å². The summed E-state index contributed by atoms with van der Waals surface area (Å²) < 4.78 is 26.8. The Labute approximate surface area is 122 Å². The number of nitrogens with zero attached hydrogens (tertiary/aromatic N) is 1. The molecule has 0 aliphatic heterocycles. The number of sulfonamides is 1. The van der Waals surface area contributed by atoms with Crippen LogP contribution in [0.4, 0.5) is 0 Å². The van der Waals surface area contributed by atoms with Gasteiger partial charge in [-0.15, -0.1) is 0 Å². The van der Waals surface area contributed by atoms with E-state index in [9.17, 15) is 8.42 Å². The van der Waals surface area contributed by atoms with Gasteiger partial charge in [-0.1, -0.05) is 19.1 Å². The van der Waals surface area contributed by atoms with Crippen LogP contribution in [-0.2, 0) is 16.6 Å². The van der Waals surface area contributed by atoms with Gasteiger partial charge >= 0.3 is 0 Å². The Hall–Kier alpha value is -0.910. The van der Waals surface area contributed by atoms with Crippen LogP contribution >= 0.6 is 0 Å². The zero-order valence-electron chi connectivity index (χ0n) is 12.5. The first kappa shape index (κ1) is 15.5. The lowest BCUT2D eigenvalue weighted by atomic mass is 10.1. The van der Waals surface area contributed by atoms with E-state index in [-0.39, 0.29) is 6.04 Å². The number of rotatable bonds is 7. The summed E-state index contributed by atoms with van der Waals surface area (Å²) in [5.41, 5.74) is 1.84. The summed E-state index contributed by atoms with van der Waals surface area (Å²) in [7, 11) is -1.67. The lowest BCUT2D eigenvalue weighted by molar-refractivity contribution is 0.463. The Morgan fingerprint density at radius 2 is 2.05 bits per heavy atom. The molecule has 0 spiro atoms.